The third kappa shape index (κ3) is 7.33. The molecule has 4 heteroatoms. The lowest BCUT2D eigenvalue weighted by atomic mass is 9.90. The summed E-state index contributed by atoms with van der Waals surface area (Å²) >= 11 is 0. The van der Waals surface area contributed by atoms with Crippen LogP contribution < -0.4 is 5.32 Å². The molecule has 0 aliphatic heterocycles. The predicted molar refractivity (Wildman–Crippen MR) is 62.1 cm³/mol. The Morgan fingerprint density at radius 2 is 1.93 bits per heavy atom. The van der Waals surface area contributed by atoms with Gasteiger partial charge in [-0.1, -0.05) is 0 Å². The van der Waals surface area contributed by atoms with Crippen molar-refractivity contribution in [3.63, 3.8) is 0 Å². The van der Waals surface area contributed by atoms with Crippen molar-refractivity contribution in [2.75, 3.05) is 33.7 Å². The number of carboxylic acid groups (broad SMARTS) is 1. The molecule has 2 N–H and O–H groups in total. The van der Waals surface area contributed by atoms with E-state index >= 15 is 0 Å². The SMILES string of the molecule is CN(C)CCCNCCC(C)(C)C(=O)O. The van der Waals surface area contributed by atoms with E-state index in [1.807, 2.05) is 14.1 Å². The number of rotatable bonds is 8. The van der Waals surface area contributed by atoms with Gasteiger partial charge in [-0.3, -0.25) is 4.79 Å². The normalized spacial score (nSPS) is 12.1. The number of nitrogens with zero attached hydrogens (tertiary/aromatic N) is 1. The quantitative estimate of drug-likeness (QED) is 0.595. The third-order valence-electron chi connectivity index (χ3n) is 2.46. The number of aliphatic carboxylic acids is 1. The summed E-state index contributed by atoms with van der Waals surface area (Å²) < 4.78 is 0. The second kappa shape index (κ2) is 6.80. The Bertz CT molecular complexity index is 191. The number of nitrogens with one attached hydrogen (secondary N) is 1. The largest absolute Gasteiger partial charge is 0.481 e. The summed E-state index contributed by atoms with van der Waals surface area (Å²) in [4.78, 5) is 12.9. The maximum absolute atomic E-state index is 10.8. The summed E-state index contributed by atoms with van der Waals surface area (Å²) in [5.41, 5.74) is -0.617. The van der Waals surface area contributed by atoms with Gasteiger partial charge in [0.15, 0.2) is 0 Å². The Morgan fingerprint density at radius 3 is 2.40 bits per heavy atom. The van der Waals surface area contributed by atoms with E-state index in [1.165, 1.54) is 0 Å². The first-order valence-corrected chi connectivity index (χ1v) is 5.45. The van der Waals surface area contributed by atoms with E-state index in [1.54, 1.807) is 13.8 Å². The van der Waals surface area contributed by atoms with Gasteiger partial charge in [-0.15, -0.1) is 0 Å². The molecule has 0 bridgehead atoms. The molecule has 0 amide bonds. The summed E-state index contributed by atoms with van der Waals surface area (Å²) in [6.07, 6.45) is 1.77. The minimum atomic E-state index is -0.724. The minimum absolute atomic E-state index is 0.617. The van der Waals surface area contributed by atoms with Crippen LogP contribution in [0.3, 0.4) is 0 Å². The van der Waals surface area contributed by atoms with Gasteiger partial charge in [0.05, 0.1) is 5.41 Å². The smallest absolute Gasteiger partial charge is 0.309 e. The summed E-state index contributed by atoms with van der Waals surface area (Å²) in [7, 11) is 4.10. The molecule has 0 radical (unpaired) electrons. The minimum Gasteiger partial charge on any atom is -0.481 e. The van der Waals surface area contributed by atoms with Gasteiger partial charge in [0.2, 0.25) is 0 Å². The molecule has 0 atom stereocenters. The Kier molecular flexibility index (Phi) is 6.52. The highest BCUT2D eigenvalue weighted by Gasteiger charge is 2.25. The summed E-state index contributed by atoms with van der Waals surface area (Å²) in [6, 6.07) is 0. The van der Waals surface area contributed by atoms with Gasteiger partial charge in [0.25, 0.3) is 0 Å². The molecule has 0 aromatic rings. The van der Waals surface area contributed by atoms with Crippen molar-refractivity contribution in [1.82, 2.24) is 10.2 Å². The Hall–Kier alpha value is -0.610. The van der Waals surface area contributed by atoms with Crippen LogP contribution in [0.5, 0.6) is 0 Å². The predicted octanol–water partition coefficient (Wildman–Crippen LogP) is 1.03. The highest BCUT2D eigenvalue weighted by molar-refractivity contribution is 5.73. The van der Waals surface area contributed by atoms with Crippen LogP contribution in [-0.4, -0.2) is 49.7 Å². The van der Waals surface area contributed by atoms with Crippen molar-refractivity contribution in [3.8, 4) is 0 Å². The van der Waals surface area contributed by atoms with Crippen molar-refractivity contribution in [2.45, 2.75) is 26.7 Å². The average Bonchev–Trinajstić information content (AvgIpc) is 2.10. The topological polar surface area (TPSA) is 52.6 Å². The van der Waals surface area contributed by atoms with E-state index in [2.05, 4.69) is 10.2 Å². The fourth-order valence-corrected chi connectivity index (χ4v) is 1.15. The molecule has 0 aromatic heterocycles. The number of carboxylic acids is 1. The monoisotopic (exact) mass is 216 g/mol. The van der Waals surface area contributed by atoms with Gasteiger partial charge in [0, 0.05) is 0 Å². The van der Waals surface area contributed by atoms with Crippen molar-refractivity contribution >= 4 is 5.97 Å². The lowest BCUT2D eigenvalue weighted by molar-refractivity contribution is -0.147. The highest BCUT2D eigenvalue weighted by atomic mass is 16.4. The summed E-state index contributed by atoms with van der Waals surface area (Å²) in [6.45, 7) is 6.31. The number of hydrogen-bond acceptors (Lipinski definition) is 3. The van der Waals surface area contributed by atoms with Crippen LogP contribution in [0.15, 0.2) is 0 Å². The van der Waals surface area contributed by atoms with Crippen LogP contribution in [0.4, 0.5) is 0 Å². The van der Waals surface area contributed by atoms with Crippen molar-refractivity contribution in [3.05, 3.63) is 0 Å². The second-order valence-corrected chi connectivity index (χ2v) is 4.85. The van der Waals surface area contributed by atoms with Gasteiger partial charge in [-0.05, 0) is 60.4 Å². The maximum Gasteiger partial charge on any atom is 0.309 e. The van der Waals surface area contributed by atoms with Gasteiger partial charge in [0.1, 0.15) is 0 Å². The molecule has 0 aromatic carbocycles. The molecule has 0 fully saturated rings. The maximum atomic E-state index is 10.8. The van der Waals surface area contributed by atoms with Crippen LogP contribution in [0.2, 0.25) is 0 Å². The van der Waals surface area contributed by atoms with E-state index in [9.17, 15) is 4.79 Å². The number of hydrogen-bond donors (Lipinski definition) is 2. The van der Waals surface area contributed by atoms with Crippen molar-refractivity contribution < 1.29 is 9.90 Å². The van der Waals surface area contributed by atoms with Gasteiger partial charge < -0.3 is 15.3 Å². The van der Waals surface area contributed by atoms with Crippen molar-refractivity contribution in [1.29, 1.82) is 0 Å². The molecule has 0 aliphatic carbocycles. The van der Waals surface area contributed by atoms with Gasteiger partial charge in [-0.25, -0.2) is 0 Å². The van der Waals surface area contributed by atoms with E-state index in [-0.39, 0.29) is 0 Å². The first kappa shape index (κ1) is 14.4. The molecular formula is C11H24N2O2. The van der Waals surface area contributed by atoms with Crippen LogP contribution in [0.25, 0.3) is 0 Å². The highest BCUT2D eigenvalue weighted by Crippen LogP contribution is 2.19. The zero-order chi connectivity index (χ0) is 11.9. The van der Waals surface area contributed by atoms with Crippen LogP contribution in [0.1, 0.15) is 26.7 Å². The van der Waals surface area contributed by atoms with Crippen LogP contribution >= 0.6 is 0 Å². The third-order valence-corrected chi connectivity index (χ3v) is 2.46. The fraction of sp³-hybridized carbons (Fsp3) is 0.909. The average molecular weight is 216 g/mol. The van der Waals surface area contributed by atoms with E-state index in [0.29, 0.717) is 6.42 Å². The molecule has 90 valence electrons. The first-order chi connectivity index (χ1) is 6.86. The molecule has 0 aliphatic rings. The Morgan fingerprint density at radius 1 is 1.33 bits per heavy atom. The molecule has 4 nitrogen and oxygen atoms in total. The summed E-state index contributed by atoms with van der Waals surface area (Å²) in [5.74, 6) is -0.724. The molecule has 0 unspecified atom stereocenters. The van der Waals surface area contributed by atoms with E-state index < -0.39 is 11.4 Å². The van der Waals surface area contributed by atoms with Gasteiger partial charge >= 0.3 is 5.97 Å². The van der Waals surface area contributed by atoms with Crippen LogP contribution in [-0.2, 0) is 4.79 Å². The molecule has 0 heterocycles. The molecule has 0 saturated carbocycles. The zero-order valence-electron chi connectivity index (χ0n) is 10.3. The van der Waals surface area contributed by atoms with E-state index in [0.717, 1.165) is 26.1 Å². The first-order valence-electron chi connectivity index (χ1n) is 5.45. The lowest BCUT2D eigenvalue weighted by Gasteiger charge is -2.19. The standard InChI is InChI=1S/C11H24N2O2/c1-11(2,10(14)15)6-8-12-7-5-9-13(3)4/h12H,5-9H2,1-4H3,(H,14,15). The molecule has 0 rings (SSSR count). The summed E-state index contributed by atoms with van der Waals surface area (Å²) in [5, 5.41) is 12.1. The Labute approximate surface area is 92.7 Å². The van der Waals surface area contributed by atoms with Crippen LogP contribution in [0, 0.1) is 5.41 Å². The number of carbonyl (C=O) groups is 1. The zero-order valence-corrected chi connectivity index (χ0v) is 10.3. The molecule has 15 heavy (non-hydrogen) atoms. The van der Waals surface area contributed by atoms with E-state index in [4.69, 9.17) is 5.11 Å². The lowest BCUT2D eigenvalue weighted by Crippen LogP contribution is -2.30. The molecule has 0 spiro atoms. The van der Waals surface area contributed by atoms with Crippen molar-refractivity contribution in [2.24, 2.45) is 5.41 Å². The molecular weight excluding hydrogens is 192 g/mol. The fourth-order valence-electron chi connectivity index (χ4n) is 1.15. The second-order valence-electron chi connectivity index (χ2n) is 4.85. The molecule has 0 saturated heterocycles. The Balaban J connectivity index is 3.43. The van der Waals surface area contributed by atoms with Gasteiger partial charge in [-0.2, -0.15) is 0 Å².